The lowest BCUT2D eigenvalue weighted by Crippen LogP contribution is -2.54. The summed E-state index contributed by atoms with van der Waals surface area (Å²) in [6, 6.07) is 5.92. The molecule has 6 nitrogen and oxygen atoms in total. The van der Waals surface area contributed by atoms with Gasteiger partial charge in [0.05, 0.1) is 12.8 Å². The molecule has 3 N–H and O–H groups in total. The van der Waals surface area contributed by atoms with E-state index in [1.54, 1.807) is 7.11 Å². The number of carbonyl (C=O) groups is 1. The standard InChI is InChI=1S/C17H21N3O3S.ClH/c1-11-3-4-14(22-2)12(9-11)13-10-24-16(19-13)20-15(21)17(18)5-7-23-8-6-17;/h3-4,9-10H,5-8,18H2,1-2H3,(H,19,20,21);1H. The van der Waals surface area contributed by atoms with E-state index < -0.39 is 5.54 Å². The van der Waals surface area contributed by atoms with Gasteiger partial charge in [-0.15, -0.1) is 23.7 Å². The summed E-state index contributed by atoms with van der Waals surface area (Å²) in [4.78, 5) is 17.0. The van der Waals surface area contributed by atoms with Crippen molar-refractivity contribution in [2.45, 2.75) is 25.3 Å². The minimum Gasteiger partial charge on any atom is -0.496 e. The fourth-order valence-corrected chi connectivity index (χ4v) is 3.37. The van der Waals surface area contributed by atoms with Crippen LogP contribution in [0.4, 0.5) is 5.13 Å². The average Bonchev–Trinajstić information content (AvgIpc) is 3.04. The van der Waals surface area contributed by atoms with Gasteiger partial charge in [0, 0.05) is 24.2 Å². The third kappa shape index (κ3) is 4.30. The van der Waals surface area contributed by atoms with Gasteiger partial charge in [-0.2, -0.15) is 0 Å². The number of amides is 1. The van der Waals surface area contributed by atoms with Gasteiger partial charge in [0.1, 0.15) is 11.3 Å². The van der Waals surface area contributed by atoms with Gasteiger partial charge in [-0.05, 0) is 31.9 Å². The van der Waals surface area contributed by atoms with Crippen LogP contribution in [0, 0.1) is 6.92 Å². The van der Waals surface area contributed by atoms with Gasteiger partial charge in [0.2, 0.25) is 5.91 Å². The summed E-state index contributed by atoms with van der Waals surface area (Å²) in [6.45, 7) is 3.03. The molecule has 3 rings (SSSR count). The maximum Gasteiger partial charge on any atom is 0.246 e. The number of hydrogen-bond acceptors (Lipinski definition) is 6. The third-order valence-electron chi connectivity index (χ3n) is 4.19. The molecule has 8 heteroatoms. The number of methoxy groups -OCH3 is 1. The summed E-state index contributed by atoms with van der Waals surface area (Å²) in [6.07, 6.45) is 1.03. The molecule has 0 spiro atoms. The molecule has 1 fully saturated rings. The van der Waals surface area contributed by atoms with Crippen LogP contribution < -0.4 is 15.8 Å². The Morgan fingerprint density at radius 3 is 2.80 bits per heavy atom. The van der Waals surface area contributed by atoms with Crippen LogP contribution in [0.2, 0.25) is 0 Å². The zero-order chi connectivity index (χ0) is 17.2. The highest BCUT2D eigenvalue weighted by atomic mass is 35.5. The topological polar surface area (TPSA) is 86.5 Å². The maximum atomic E-state index is 12.5. The van der Waals surface area contributed by atoms with Crippen molar-refractivity contribution in [2.24, 2.45) is 5.73 Å². The molecule has 1 aromatic heterocycles. The first-order chi connectivity index (χ1) is 11.5. The molecule has 0 atom stereocenters. The van der Waals surface area contributed by atoms with E-state index in [1.165, 1.54) is 11.3 Å². The van der Waals surface area contributed by atoms with Gasteiger partial charge in [-0.25, -0.2) is 4.98 Å². The minimum atomic E-state index is -0.884. The molecular formula is C17H22ClN3O3S. The molecule has 1 aromatic carbocycles. The van der Waals surface area contributed by atoms with E-state index in [9.17, 15) is 4.79 Å². The number of halogens is 1. The fourth-order valence-electron chi connectivity index (χ4n) is 2.66. The molecule has 0 saturated carbocycles. The van der Waals surface area contributed by atoms with Crippen LogP contribution in [0.5, 0.6) is 5.75 Å². The predicted molar refractivity (Wildman–Crippen MR) is 102 cm³/mol. The Bertz CT molecular complexity index is 744. The molecule has 25 heavy (non-hydrogen) atoms. The van der Waals surface area contributed by atoms with E-state index in [0.29, 0.717) is 31.2 Å². The van der Waals surface area contributed by atoms with Gasteiger partial charge >= 0.3 is 0 Å². The van der Waals surface area contributed by atoms with E-state index >= 15 is 0 Å². The number of carbonyl (C=O) groups excluding carboxylic acids is 1. The number of hydrogen-bond donors (Lipinski definition) is 2. The van der Waals surface area contributed by atoms with E-state index in [0.717, 1.165) is 22.6 Å². The van der Waals surface area contributed by atoms with Gasteiger partial charge in [-0.1, -0.05) is 11.6 Å². The zero-order valence-corrected chi connectivity index (χ0v) is 15.8. The van der Waals surface area contributed by atoms with E-state index in [4.69, 9.17) is 15.2 Å². The Kier molecular flexibility index (Phi) is 6.40. The Morgan fingerprint density at radius 1 is 1.40 bits per heavy atom. The zero-order valence-electron chi connectivity index (χ0n) is 14.2. The molecule has 0 aliphatic carbocycles. The van der Waals surface area contributed by atoms with E-state index in [2.05, 4.69) is 10.3 Å². The number of nitrogens with two attached hydrogens (primary N) is 1. The largest absolute Gasteiger partial charge is 0.496 e. The second-order valence-electron chi connectivity index (χ2n) is 5.96. The molecule has 1 aliphatic heterocycles. The number of nitrogens with zero attached hydrogens (tertiary/aromatic N) is 1. The molecule has 2 aromatic rings. The highest BCUT2D eigenvalue weighted by Gasteiger charge is 2.36. The molecule has 0 unspecified atom stereocenters. The smallest absolute Gasteiger partial charge is 0.246 e. The van der Waals surface area contributed by atoms with Crippen LogP contribution in [0.3, 0.4) is 0 Å². The number of benzene rings is 1. The first-order valence-electron chi connectivity index (χ1n) is 7.80. The Labute approximate surface area is 157 Å². The SMILES string of the molecule is COc1ccc(C)cc1-c1csc(NC(=O)C2(N)CCOCC2)n1.Cl. The minimum absolute atomic E-state index is 0. The van der Waals surface area contributed by atoms with Gasteiger partial charge in [0.15, 0.2) is 5.13 Å². The van der Waals surface area contributed by atoms with Crippen molar-refractivity contribution in [3.63, 3.8) is 0 Å². The van der Waals surface area contributed by atoms with Gasteiger partial charge < -0.3 is 20.5 Å². The number of ether oxygens (including phenoxy) is 2. The van der Waals surface area contributed by atoms with Crippen molar-refractivity contribution in [1.29, 1.82) is 0 Å². The van der Waals surface area contributed by atoms with Crippen molar-refractivity contribution in [1.82, 2.24) is 4.98 Å². The average molecular weight is 384 g/mol. The molecule has 0 radical (unpaired) electrons. The lowest BCUT2D eigenvalue weighted by molar-refractivity contribution is -0.124. The van der Waals surface area contributed by atoms with Gasteiger partial charge in [-0.3, -0.25) is 4.79 Å². The summed E-state index contributed by atoms with van der Waals surface area (Å²) in [7, 11) is 1.63. The second kappa shape index (κ2) is 8.14. The fraction of sp³-hybridized carbons (Fsp3) is 0.412. The highest BCUT2D eigenvalue weighted by Crippen LogP contribution is 2.33. The number of thiazole rings is 1. The normalized spacial score (nSPS) is 16.0. The molecule has 2 heterocycles. The van der Waals surface area contributed by atoms with E-state index in [1.807, 2.05) is 30.5 Å². The number of rotatable bonds is 4. The van der Waals surface area contributed by atoms with Crippen molar-refractivity contribution < 1.29 is 14.3 Å². The lowest BCUT2D eigenvalue weighted by Gasteiger charge is -2.31. The molecule has 136 valence electrons. The number of anilines is 1. The highest BCUT2D eigenvalue weighted by molar-refractivity contribution is 7.14. The second-order valence-corrected chi connectivity index (χ2v) is 6.82. The Balaban J connectivity index is 0.00000225. The van der Waals surface area contributed by atoms with Crippen LogP contribution in [-0.4, -0.2) is 36.8 Å². The maximum absolute atomic E-state index is 12.5. The molecule has 0 bridgehead atoms. The van der Waals surface area contributed by atoms with Crippen LogP contribution >= 0.6 is 23.7 Å². The van der Waals surface area contributed by atoms with Crippen LogP contribution in [-0.2, 0) is 9.53 Å². The molecular weight excluding hydrogens is 362 g/mol. The number of aryl methyl sites for hydroxylation is 1. The van der Waals surface area contributed by atoms with Crippen LogP contribution in [0.1, 0.15) is 18.4 Å². The first-order valence-corrected chi connectivity index (χ1v) is 8.68. The number of nitrogens with one attached hydrogen (secondary N) is 1. The summed E-state index contributed by atoms with van der Waals surface area (Å²) in [5.41, 5.74) is 8.11. The van der Waals surface area contributed by atoms with Gasteiger partial charge in [0.25, 0.3) is 0 Å². The monoisotopic (exact) mass is 383 g/mol. The van der Waals surface area contributed by atoms with Crippen LogP contribution in [0.15, 0.2) is 23.6 Å². The molecule has 1 amide bonds. The first kappa shape index (κ1) is 19.7. The van der Waals surface area contributed by atoms with Crippen molar-refractivity contribution in [2.75, 3.05) is 25.6 Å². The molecule has 1 aliphatic rings. The van der Waals surface area contributed by atoms with E-state index in [-0.39, 0.29) is 18.3 Å². The summed E-state index contributed by atoms with van der Waals surface area (Å²) in [5, 5.41) is 5.28. The summed E-state index contributed by atoms with van der Waals surface area (Å²) >= 11 is 1.38. The predicted octanol–water partition coefficient (Wildman–Crippen LogP) is 3.00. The summed E-state index contributed by atoms with van der Waals surface area (Å²) < 4.78 is 10.7. The van der Waals surface area contributed by atoms with Crippen LogP contribution in [0.25, 0.3) is 11.3 Å². The molecule has 1 saturated heterocycles. The Morgan fingerprint density at radius 2 is 2.12 bits per heavy atom. The van der Waals surface area contributed by atoms with Crippen molar-refractivity contribution >= 4 is 34.8 Å². The van der Waals surface area contributed by atoms with Crippen molar-refractivity contribution in [3.8, 4) is 17.0 Å². The summed E-state index contributed by atoms with van der Waals surface area (Å²) in [5.74, 6) is 0.548. The Hall–Kier alpha value is -1.67. The third-order valence-corrected chi connectivity index (χ3v) is 4.95. The number of aromatic nitrogens is 1. The quantitative estimate of drug-likeness (QED) is 0.847. The lowest BCUT2D eigenvalue weighted by atomic mass is 9.90. The van der Waals surface area contributed by atoms with Crippen molar-refractivity contribution in [3.05, 3.63) is 29.1 Å².